The van der Waals surface area contributed by atoms with Gasteiger partial charge in [0.1, 0.15) is 18.0 Å². The molecule has 3 aromatic rings. The van der Waals surface area contributed by atoms with E-state index in [9.17, 15) is 14.4 Å². The highest BCUT2D eigenvalue weighted by molar-refractivity contribution is 6.01. The summed E-state index contributed by atoms with van der Waals surface area (Å²) >= 11 is 0. The monoisotopic (exact) mass is 476 g/mol. The topological polar surface area (TPSA) is 123 Å². The van der Waals surface area contributed by atoms with Crippen molar-refractivity contribution in [2.75, 3.05) is 18.5 Å². The first-order chi connectivity index (χ1) is 16.8. The van der Waals surface area contributed by atoms with E-state index in [1.807, 2.05) is 43.3 Å². The summed E-state index contributed by atoms with van der Waals surface area (Å²) in [7, 11) is 1.62. The van der Waals surface area contributed by atoms with E-state index in [1.54, 1.807) is 7.05 Å². The highest BCUT2D eigenvalue weighted by Crippen LogP contribution is 2.44. The average Bonchev–Trinajstić information content (AvgIpc) is 3.37. The smallest absolute Gasteiger partial charge is 0.412 e. The lowest BCUT2D eigenvalue weighted by atomic mass is 9.98. The summed E-state index contributed by atoms with van der Waals surface area (Å²) in [4.78, 5) is 36.1. The van der Waals surface area contributed by atoms with Crippen molar-refractivity contribution in [1.82, 2.24) is 15.1 Å². The molecule has 1 atom stereocenters. The van der Waals surface area contributed by atoms with Gasteiger partial charge in [0.2, 0.25) is 0 Å². The Labute approximate surface area is 203 Å². The molecule has 1 aromatic heterocycles. The molecule has 1 unspecified atom stereocenters. The number of hydrogen-bond donors (Lipinski definition) is 3. The maximum Gasteiger partial charge on any atom is 0.412 e. The van der Waals surface area contributed by atoms with Crippen molar-refractivity contribution >= 4 is 23.8 Å². The molecule has 182 valence electrons. The molecule has 0 bridgehead atoms. The number of hydrogen-bond acceptors (Lipinski definition) is 5. The zero-order chi connectivity index (χ0) is 24.9. The largest absolute Gasteiger partial charge is 0.481 e. The Bertz CT molecular complexity index is 1210. The Balaban J connectivity index is 1.38. The number of carbonyl (C=O) groups is 3. The fourth-order valence-electron chi connectivity index (χ4n) is 4.32. The second kappa shape index (κ2) is 10.4. The fourth-order valence-corrected chi connectivity index (χ4v) is 4.32. The van der Waals surface area contributed by atoms with Crippen LogP contribution in [0.15, 0.2) is 54.7 Å². The van der Waals surface area contributed by atoms with Crippen molar-refractivity contribution in [2.24, 2.45) is 13.0 Å². The van der Waals surface area contributed by atoms with Crippen molar-refractivity contribution in [1.29, 1.82) is 0 Å². The van der Waals surface area contributed by atoms with Crippen LogP contribution in [0.25, 0.3) is 11.1 Å². The number of aromatic nitrogens is 2. The van der Waals surface area contributed by atoms with Gasteiger partial charge in [-0.05, 0) is 34.6 Å². The quantitative estimate of drug-likeness (QED) is 0.429. The van der Waals surface area contributed by atoms with Gasteiger partial charge in [-0.2, -0.15) is 5.10 Å². The van der Waals surface area contributed by atoms with Crippen LogP contribution in [0, 0.1) is 5.92 Å². The van der Waals surface area contributed by atoms with Crippen LogP contribution < -0.4 is 10.6 Å². The number of fused-ring (bicyclic) bond motifs is 3. The molecule has 0 fully saturated rings. The third-order valence-electron chi connectivity index (χ3n) is 6.21. The minimum Gasteiger partial charge on any atom is -0.481 e. The molecule has 9 heteroatoms. The minimum atomic E-state index is -0.870. The molecule has 0 spiro atoms. The van der Waals surface area contributed by atoms with E-state index < -0.39 is 18.0 Å². The summed E-state index contributed by atoms with van der Waals surface area (Å²) < 4.78 is 6.97. The van der Waals surface area contributed by atoms with E-state index in [2.05, 4.69) is 27.9 Å². The van der Waals surface area contributed by atoms with Crippen LogP contribution in [0.5, 0.6) is 0 Å². The number of carbonyl (C=O) groups excluding carboxylic acids is 2. The average molecular weight is 477 g/mol. The molecule has 9 nitrogen and oxygen atoms in total. The van der Waals surface area contributed by atoms with Gasteiger partial charge in [0.15, 0.2) is 0 Å². The van der Waals surface area contributed by atoms with Crippen LogP contribution >= 0.6 is 0 Å². The summed E-state index contributed by atoms with van der Waals surface area (Å²) in [5.41, 5.74) is 4.70. The molecule has 1 heterocycles. The van der Waals surface area contributed by atoms with Crippen LogP contribution in [0.4, 0.5) is 10.6 Å². The number of benzene rings is 2. The van der Waals surface area contributed by atoms with E-state index in [1.165, 1.54) is 10.9 Å². The van der Waals surface area contributed by atoms with Gasteiger partial charge in [-0.15, -0.1) is 0 Å². The zero-order valence-electron chi connectivity index (χ0n) is 19.7. The maximum absolute atomic E-state index is 12.7. The summed E-state index contributed by atoms with van der Waals surface area (Å²) in [6.07, 6.45) is 1.18. The molecule has 35 heavy (non-hydrogen) atoms. The third-order valence-corrected chi connectivity index (χ3v) is 6.21. The van der Waals surface area contributed by atoms with Crippen LogP contribution in [-0.2, 0) is 16.6 Å². The molecule has 1 aliphatic rings. The molecule has 2 amide bonds. The normalized spacial score (nSPS) is 13.0. The van der Waals surface area contributed by atoms with Gasteiger partial charge in [-0.25, -0.2) is 4.79 Å². The Kier molecular flexibility index (Phi) is 7.14. The second-order valence-electron chi connectivity index (χ2n) is 8.73. The fraction of sp³-hybridized carbons (Fsp3) is 0.308. The van der Waals surface area contributed by atoms with E-state index in [0.29, 0.717) is 13.0 Å². The minimum absolute atomic E-state index is 0.00902. The van der Waals surface area contributed by atoms with Crippen LogP contribution in [0.2, 0.25) is 0 Å². The Morgan fingerprint density at radius 1 is 1.09 bits per heavy atom. The maximum atomic E-state index is 12.7. The molecule has 0 aliphatic heterocycles. The summed E-state index contributed by atoms with van der Waals surface area (Å²) in [6, 6.07) is 16.2. The predicted molar refractivity (Wildman–Crippen MR) is 130 cm³/mol. The van der Waals surface area contributed by atoms with Gasteiger partial charge in [-0.3, -0.25) is 19.6 Å². The predicted octanol–water partition coefficient (Wildman–Crippen LogP) is 4.01. The number of rotatable bonds is 9. The summed E-state index contributed by atoms with van der Waals surface area (Å²) in [5, 5.41) is 18.3. The zero-order valence-corrected chi connectivity index (χ0v) is 19.7. The SMILES string of the molecule is CC(CCC(=O)O)CNC(=O)c1cnn(C)c1NC(=O)OCC1c2ccccc2-c2ccccc21. The summed E-state index contributed by atoms with van der Waals surface area (Å²) in [6.45, 7) is 2.33. The van der Waals surface area contributed by atoms with Crippen molar-refractivity contribution in [2.45, 2.75) is 25.7 Å². The lowest BCUT2D eigenvalue weighted by molar-refractivity contribution is -0.137. The lowest BCUT2D eigenvalue weighted by Gasteiger charge is -2.15. The van der Waals surface area contributed by atoms with Gasteiger partial charge < -0.3 is 15.2 Å². The highest BCUT2D eigenvalue weighted by atomic mass is 16.5. The molecule has 3 N–H and O–H groups in total. The Morgan fingerprint density at radius 3 is 2.34 bits per heavy atom. The number of anilines is 1. The molecule has 1 aliphatic carbocycles. The number of carboxylic acids is 1. The van der Waals surface area contributed by atoms with Crippen LogP contribution in [-0.4, -0.2) is 46.0 Å². The van der Waals surface area contributed by atoms with E-state index >= 15 is 0 Å². The number of ether oxygens (including phenoxy) is 1. The van der Waals surface area contributed by atoms with Gasteiger partial charge in [0, 0.05) is 25.9 Å². The first-order valence-corrected chi connectivity index (χ1v) is 11.5. The molecular formula is C26H28N4O5. The number of nitrogens with one attached hydrogen (secondary N) is 2. The van der Waals surface area contributed by atoms with Crippen LogP contribution in [0.3, 0.4) is 0 Å². The van der Waals surface area contributed by atoms with Crippen LogP contribution in [0.1, 0.15) is 47.2 Å². The molecule has 2 aromatic carbocycles. The van der Waals surface area contributed by atoms with Crippen molar-refractivity contribution in [3.63, 3.8) is 0 Å². The van der Waals surface area contributed by atoms with Crippen molar-refractivity contribution < 1.29 is 24.2 Å². The Hall–Kier alpha value is -4.14. The van der Waals surface area contributed by atoms with Gasteiger partial charge in [0.25, 0.3) is 5.91 Å². The molecule has 0 saturated carbocycles. The number of amides is 2. The number of carboxylic acid groups (broad SMARTS) is 1. The van der Waals surface area contributed by atoms with Gasteiger partial charge in [0.05, 0.1) is 6.20 Å². The molecule has 0 radical (unpaired) electrons. The molecular weight excluding hydrogens is 448 g/mol. The summed E-state index contributed by atoms with van der Waals surface area (Å²) in [5.74, 6) is -1.14. The van der Waals surface area contributed by atoms with E-state index in [4.69, 9.17) is 9.84 Å². The standard InChI is InChI=1S/C26H28N4O5/c1-16(11-12-23(31)32)13-27-25(33)21-14-28-30(2)24(21)29-26(34)35-15-22-19-9-5-3-7-17(19)18-8-4-6-10-20(18)22/h3-10,14,16,22H,11-13,15H2,1-2H3,(H,27,33)(H,29,34)(H,31,32). The van der Waals surface area contributed by atoms with Crippen molar-refractivity contribution in [3.8, 4) is 11.1 Å². The highest BCUT2D eigenvalue weighted by Gasteiger charge is 2.29. The first-order valence-electron chi connectivity index (χ1n) is 11.5. The molecule has 4 rings (SSSR count). The Morgan fingerprint density at radius 2 is 1.71 bits per heavy atom. The number of nitrogens with zero attached hydrogens (tertiary/aromatic N) is 2. The third kappa shape index (κ3) is 5.34. The van der Waals surface area contributed by atoms with Gasteiger partial charge >= 0.3 is 12.1 Å². The van der Waals surface area contributed by atoms with Gasteiger partial charge in [-0.1, -0.05) is 55.5 Å². The first kappa shape index (κ1) is 24.0. The van der Waals surface area contributed by atoms with E-state index in [0.717, 1.165) is 22.3 Å². The lowest BCUT2D eigenvalue weighted by Crippen LogP contribution is -2.29. The van der Waals surface area contributed by atoms with Crippen molar-refractivity contribution in [3.05, 3.63) is 71.4 Å². The van der Waals surface area contributed by atoms with E-state index in [-0.39, 0.29) is 36.2 Å². The molecule has 0 saturated heterocycles. The second-order valence-corrected chi connectivity index (χ2v) is 8.73. The number of aliphatic carboxylic acids is 1. The number of aryl methyl sites for hydroxylation is 1.